The molecule has 6 heteroatoms. The monoisotopic (exact) mass is 436 g/mol. The average Bonchev–Trinajstić information content (AvgIpc) is 3.07. The number of fused-ring (bicyclic) bond motifs is 1. The van der Waals surface area contributed by atoms with Gasteiger partial charge >= 0.3 is 0 Å². The van der Waals surface area contributed by atoms with E-state index in [4.69, 9.17) is 23.7 Å². The summed E-state index contributed by atoms with van der Waals surface area (Å²) in [7, 11) is 0. The van der Waals surface area contributed by atoms with Gasteiger partial charge in [0.15, 0.2) is 5.79 Å². The summed E-state index contributed by atoms with van der Waals surface area (Å²) in [5.41, 5.74) is -3.13. The van der Waals surface area contributed by atoms with Crippen molar-refractivity contribution in [2.45, 2.75) is 120 Å². The molecule has 8 atom stereocenters. The normalized spacial score (nSPS) is 50.8. The fraction of sp³-hybridized carbons (Fsp3) is 0.920. The van der Waals surface area contributed by atoms with Gasteiger partial charge in [0.2, 0.25) is 0 Å². The summed E-state index contributed by atoms with van der Waals surface area (Å²) in [6, 6.07) is 0. The smallest absolute Gasteiger partial charge is 0.169 e. The third kappa shape index (κ3) is 2.61. The molecule has 0 aromatic heterocycles. The SMILES string of the molecule is C=CCO[C@H]1[C@H]2C[C@@H]3OC(CCC)(CCC)O[C@H]4[C@@H]5C[C@](C)(O)[C@]1(OC2(C)C)[C@]34CO5. The van der Waals surface area contributed by atoms with E-state index in [1.165, 1.54) is 0 Å². The molecule has 0 radical (unpaired) electrons. The maximum absolute atomic E-state index is 12.0. The Morgan fingerprint density at radius 1 is 1.13 bits per heavy atom. The molecule has 3 heterocycles. The van der Waals surface area contributed by atoms with Gasteiger partial charge in [-0.2, -0.15) is 0 Å². The molecule has 2 spiro atoms. The van der Waals surface area contributed by atoms with Crippen molar-refractivity contribution in [3.05, 3.63) is 12.7 Å². The third-order valence-electron chi connectivity index (χ3n) is 8.95. The van der Waals surface area contributed by atoms with E-state index in [1.54, 1.807) is 6.08 Å². The molecule has 5 fully saturated rings. The van der Waals surface area contributed by atoms with Gasteiger partial charge in [-0.25, -0.2) is 0 Å². The van der Waals surface area contributed by atoms with E-state index in [9.17, 15) is 5.11 Å². The molecular formula is C25H40O6. The lowest BCUT2D eigenvalue weighted by Gasteiger charge is -2.67. The zero-order chi connectivity index (χ0) is 22.3. The van der Waals surface area contributed by atoms with Crippen molar-refractivity contribution in [3.8, 4) is 0 Å². The van der Waals surface area contributed by atoms with Crippen LogP contribution in [0.1, 0.15) is 73.1 Å². The highest BCUT2D eigenvalue weighted by Gasteiger charge is 2.87. The van der Waals surface area contributed by atoms with Gasteiger partial charge in [0.25, 0.3) is 0 Å². The van der Waals surface area contributed by atoms with Crippen LogP contribution in [-0.2, 0) is 23.7 Å². The lowest BCUT2D eigenvalue weighted by atomic mass is 9.47. The molecule has 5 aliphatic rings. The van der Waals surface area contributed by atoms with Crippen LogP contribution >= 0.6 is 0 Å². The molecule has 2 saturated carbocycles. The molecular weight excluding hydrogens is 396 g/mol. The van der Waals surface area contributed by atoms with Crippen molar-refractivity contribution in [2.24, 2.45) is 11.3 Å². The average molecular weight is 437 g/mol. The van der Waals surface area contributed by atoms with E-state index < -0.39 is 28.0 Å². The Morgan fingerprint density at radius 2 is 1.84 bits per heavy atom. The maximum Gasteiger partial charge on any atom is 0.169 e. The summed E-state index contributed by atoms with van der Waals surface area (Å²) in [6.45, 7) is 15.3. The Hall–Kier alpha value is -0.500. The van der Waals surface area contributed by atoms with Crippen molar-refractivity contribution in [2.75, 3.05) is 13.2 Å². The zero-order valence-corrected chi connectivity index (χ0v) is 19.8. The van der Waals surface area contributed by atoms with E-state index >= 15 is 0 Å². The lowest BCUT2D eigenvalue weighted by molar-refractivity contribution is -0.424. The summed E-state index contributed by atoms with van der Waals surface area (Å²) in [5.74, 6) is -0.483. The molecule has 0 aromatic carbocycles. The zero-order valence-electron chi connectivity index (χ0n) is 19.8. The first-order valence-electron chi connectivity index (χ1n) is 12.3. The Labute approximate surface area is 186 Å². The summed E-state index contributed by atoms with van der Waals surface area (Å²) in [6.07, 6.45) is 6.08. The topological polar surface area (TPSA) is 66.4 Å². The van der Waals surface area contributed by atoms with Gasteiger partial charge in [-0.15, -0.1) is 6.58 Å². The van der Waals surface area contributed by atoms with Crippen molar-refractivity contribution >= 4 is 0 Å². The van der Waals surface area contributed by atoms with Crippen LogP contribution in [0.3, 0.4) is 0 Å². The number of rotatable bonds is 7. The van der Waals surface area contributed by atoms with Gasteiger partial charge in [-0.3, -0.25) is 0 Å². The molecule has 31 heavy (non-hydrogen) atoms. The highest BCUT2D eigenvalue weighted by Crippen LogP contribution is 2.72. The van der Waals surface area contributed by atoms with Crippen LogP contribution in [0.25, 0.3) is 0 Å². The number of hydrogen-bond donors (Lipinski definition) is 1. The number of hydrogen-bond acceptors (Lipinski definition) is 6. The fourth-order valence-electron chi connectivity index (χ4n) is 7.99. The third-order valence-corrected chi connectivity index (χ3v) is 8.95. The molecule has 5 rings (SSSR count). The minimum atomic E-state index is -1.12. The van der Waals surface area contributed by atoms with Crippen molar-refractivity contribution in [3.63, 3.8) is 0 Å². The van der Waals surface area contributed by atoms with Gasteiger partial charge in [0, 0.05) is 25.2 Å². The van der Waals surface area contributed by atoms with Crippen LogP contribution in [0.2, 0.25) is 0 Å². The van der Waals surface area contributed by atoms with E-state index in [1.807, 2.05) is 6.92 Å². The molecule has 0 aromatic rings. The van der Waals surface area contributed by atoms with E-state index in [-0.39, 0.29) is 30.3 Å². The summed E-state index contributed by atoms with van der Waals surface area (Å²) < 4.78 is 33.7. The van der Waals surface area contributed by atoms with Crippen LogP contribution in [-0.4, -0.2) is 65.3 Å². The van der Waals surface area contributed by atoms with E-state index in [2.05, 4.69) is 34.3 Å². The van der Waals surface area contributed by atoms with Gasteiger partial charge in [0.05, 0.1) is 48.1 Å². The summed E-state index contributed by atoms with van der Waals surface area (Å²) >= 11 is 0. The van der Waals surface area contributed by atoms with Crippen molar-refractivity contribution in [1.29, 1.82) is 0 Å². The second kappa shape index (κ2) is 7.00. The molecule has 3 saturated heterocycles. The lowest BCUT2D eigenvalue weighted by Crippen LogP contribution is -2.83. The molecule has 0 unspecified atom stereocenters. The highest BCUT2D eigenvalue weighted by molar-refractivity contribution is 5.34. The van der Waals surface area contributed by atoms with Gasteiger partial charge < -0.3 is 28.8 Å². The quantitative estimate of drug-likeness (QED) is 0.613. The highest BCUT2D eigenvalue weighted by atomic mass is 16.7. The molecule has 1 N–H and O–H groups in total. The molecule has 3 aliphatic heterocycles. The Morgan fingerprint density at radius 3 is 2.48 bits per heavy atom. The van der Waals surface area contributed by atoms with Crippen LogP contribution < -0.4 is 0 Å². The second-order valence-corrected chi connectivity index (χ2v) is 11.2. The number of ether oxygens (including phenoxy) is 5. The minimum Gasteiger partial charge on any atom is -0.387 e. The molecule has 2 aliphatic carbocycles. The molecule has 176 valence electrons. The van der Waals surface area contributed by atoms with Crippen molar-refractivity contribution < 1.29 is 28.8 Å². The van der Waals surface area contributed by atoms with Crippen LogP contribution in [0, 0.1) is 11.3 Å². The Bertz CT molecular complexity index is 728. The van der Waals surface area contributed by atoms with E-state index in [0.29, 0.717) is 19.6 Å². The first-order chi connectivity index (χ1) is 14.6. The van der Waals surface area contributed by atoms with Crippen LogP contribution in [0.5, 0.6) is 0 Å². The van der Waals surface area contributed by atoms with Crippen LogP contribution in [0.4, 0.5) is 0 Å². The summed E-state index contributed by atoms with van der Waals surface area (Å²) in [4.78, 5) is 0. The largest absolute Gasteiger partial charge is 0.387 e. The Kier molecular flexibility index (Phi) is 5.04. The van der Waals surface area contributed by atoms with Gasteiger partial charge in [0.1, 0.15) is 11.7 Å². The standard InChI is InChI=1S/C25H40O6/c1-7-10-23(11-8-2)29-18-13-16-19(27-12-9-3)25(31-21(16,4)5)22(6,26)14-17-20(30-23)24(18,25)15-28-17/h9,16-20,26H,3,7-8,10-15H2,1-2,4-6H3/t16-,17+,18+,19+,20+,22+,24-,25+/m1/s1. The molecule has 6 nitrogen and oxygen atoms in total. The first-order valence-corrected chi connectivity index (χ1v) is 12.3. The fourth-order valence-corrected chi connectivity index (χ4v) is 7.99. The van der Waals surface area contributed by atoms with E-state index in [0.717, 1.165) is 32.1 Å². The minimum absolute atomic E-state index is 0.100. The van der Waals surface area contributed by atoms with Crippen LogP contribution in [0.15, 0.2) is 12.7 Å². The molecule has 4 bridgehead atoms. The maximum atomic E-state index is 12.0. The predicted molar refractivity (Wildman–Crippen MR) is 116 cm³/mol. The van der Waals surface area contributed by atoms with Gasteiger partial charge in [-0.05, 0) is 27.2 Å². The molecule has 0 amide bonds. The Balaban J connectivity index is 1.68. The predicted octanol–water partition coefficient (Wildman–Crippen LogP) is 3.75. The van der Waals surface area contributed by atoms with Gasteiger partial charge in [-0.1, -0.05) is 32.8 Å². The second-order valence-electron chi connectivity index (χ2n) is 11.2. The summed E-state index contributed by atoms with van der Waals surface area (Å²) in [5, 5.41) is 12.0. The first kappa shape index (κ1) is 22.3. The number of aliphatic hydroxyl groups is 1. The van der Waals surface area contributed by atoms with Crippen molar-refractivity contribution in [1.82, 2.24) is 0 Å².